The molecule has 2 heterocycles. The number of carbonyl (C=O) groups is 1. The summed E-state index contributed by atoms with van der Waals surface area (Å²) in [5, 5.41) is 19.5. The van der Waals surface area contributed by atoms with Crippen LogP contribution in [0.5, 0.6) is 5.75 Å². The fourth-order valence-electron chi connectivity index (χ4n) is 2.96. The lowest BCUT2D eigenvalue weighted by Crippen LogP contribution is -2.15. The highest BCUT2D eigenvalue weighted by molar-refractivity contribution is 5.89. The van der Waals surface area contributed by atoms with Crippen LogP contribution in [0.3, 0.4) is 0 Å². The molecule has 2 N–H and O–H groups in total. The van der Waals surface area contributed by atoms with Crippen molar-refractivity contribution in [2.45, 2.75) is 26.3 Å². The molecule has 10 heteroatoms. The summed E-state index contributed by atoms with van der Waals surface area (Å²) < 4.78 is 11.8. The molecular weight excluding hydrogens is 386 g/mol. The molecule has 0 saturated heterocycles. The largest absolute Gasteiger partial charge is 0.496 e. The van der Waals surface area contributed by atoms with Crippen molar-refractivity contribution in [2.75, 3.05) is 31.4 Å². The number of rotatable bonds is 8. The van der Waals surface area contributed by atoms with E-state index in [0.29, 0.717) is 41.3 Å². The fourth-order valence-corrected chi connectivity index (χ4v) is 2.96. The second-order valence-corrected chi connectivity index (χ2v) is 6.47. The van der Waals surface area contributed by atoms with Crippen molar-refractivity contribution in [3.63, 3.8) is 0 Å². The van der Waals surface area contributed by atoms with Gasteiger partial charge in [-0.2, -0.15) is 15.3 Å². The Balaban J connectivity index is 2.03. The first-order chi connectivity index (χ1) is 14.6. The number of ether oxygens (including phenoxy) is 2. The van der Waals surface area contributed by atoms with Crippen LogP contribution in [0.25, 0.3) is 11.0 Å². The summed E-state index contributed by atoms with van der Waals surface area (Å²) in [5.74, 6) is 1.33. The van der Waals surface area contributed by atoms with Crippen molar-refractivity contribution in [3.8, 4) is 11.8 Å². The number of anilines is 2. The molecule has 0 unspecified atom stereocenters. The van der Waals surface area contributed by atoms with Gasteiger partial charge in [0.05, 0.1) is 38.6 Å². The van der Waals surface area contributed by atoms with Gasteiger partial charge in [0.1, 0.15) is 16.8 Å². The molecular formula is C20H23N7O3. The predicted molar refractivity (Wildman–Crippen MR) is 112 cm³/mol. The van der Waals surface area contributed by atoms with Crippen LogP contribution in [0.15, 0.2) is 24.4 Å². The highest BCUT2D eigenvalue weighted by Crippen LogP contribution is 2.26. The molecule has 1 aromatic carbocycles. The molecule has 156 valence electrons. The second-order valence-electron chi connectivity index (χ2n) is 6.47. The van der Waals surface area contributed by atoms with Gasteiger partial charge in [-0.05, 0) is 24.6 Å². The van der Waals surface area contributed by atoms with Crippen molar-refractivity contribution in [3.05, 3.63) is 35.5 Å². The summed E-state index contributed by atoms with van der Waals surface area (Å²) >= 11 is 0. The van der Waals surface area contributed by atoms with Gasteiger partial charge in [-0.15, -0.1) is 0 Å². The number of unbranched alkanes of at least 4 members (excludes halogenated alkanes) is 1. The van der Waals surface area contributed by atoms with E-state index in [1.165, 1.54) is 7.11 Å². The van der Waals surface area contributed by atoms with Crippen molar-refractivity contribution in [2.24, 2.45) is 0 Å². The van der Waals surface area contributed by atoms with Crippen LogP contribution in [0.4, 0.5) is 16.6 Å². The monoisotopic (exact) mass is 409 g/mol. The van der Waals surface area contributed by atoms with Crippen molar-refractivity contribution in [1.29, 1.82) is 5.26 Å². The quantitative estimate of drug-likeness (QED) is 0.543. The zero-order valence-electron chi connectivity index (χ0n) is 17.1. The molecule has 0 aliphatic heterocycles. The third kappa shape index (κ3) is 4.57. The van der Waals surface area contributed by atoms with Crippen molar-refractivity contribution >= 4 is 28.9 Å². The smallest absolute Gasteiger partial charge is 0.413 e. The van der Waals surface area contributed by atoms with E-state index in [9.17, 15) is 10.1 Å². The molecule has 2 aromatic heterocycles. The fraction of sp³-hybridized carbons (Fsp3) is 0.350. The van der Waals surface area contributed by atoms with E-state index < -0.39 is 6.09 Å². The molecule has 0 saturated carbocycles. The summed E-state index contributed by atoms with van der Waals surface area (Å²) in [6.45, 7) is 3.16. The minimum Gasteiger partial charge on any atom is -0.496 e. The summed E-state index contributed by atoms with van der Waals surface area (Å²) in [6.07, 6.45) is 2.92. The SMILES string of the molecule is CCCCNc1nc(NC(=O)OC)nc2cnn(Cc3cc(C#N)ccc3OC)c12. The molecule has 0 spiro atoms. The topological polar surface area (TPSA) is 127 Å². The van der Waals surface area contributed by atoms with Gasteiger partial charge in [0, 0.05) is 12.1 Å². The number of aromatic nitrogens is 4. The maximum absolute atomic E-state index is 11.6. The van der Waals surface area contributed by atoms with Crippen molar-refractivity contribution < 1.29 is 14.3 Å². The highest BCUT2D eigenvalue weighted by atomic mass is 16.5. The molecule has 1 amide bonds. The van der Waals surface area contributed by atoms with Gasteiger partial charge >= 0.3 is 6.09 Å². The van der Waals surface area contributed by atoms with Crippen molar-refractivity contribution in [1.82, 2.24) is 19.7 Å². The Hall–Kier alpha value is -3.87. The lowest BCUT2D eigenvalue weighted by atomic mass is 10.1. The number of hydrogen-bond acceptors (Lipinski definition) is 8. The van der Waals surface area contributed by atoms with Gasteiger partial charge in [-0.1, -0.05) is 13.3 Å². The first-order valence-electron chi connectivity index (χ1n) is 9.49. The molecule has 0 atom stereocenters. The van der Waals surface area contributed by atoms with Crippen LogP contribution < -0.4 is 15.4 Å². The number of nitriles is 1. The van der Waals surface area contributed by atoms with Crippen LogP contribution in [0.2, 0.25) is 0 Å². The van der Waals surface area contributed by atoms with E-state index >= 15 is 0 Å². The van der Waals surface area contributed by atoms with Gasteiger partial charge in [0.25, 0.3) is 0 Å². The van der Waals surface area contributed by atoms with Gasteiger partial charge in [0.2, 0.25) is 5.95 Å². The van der Waals surface area contributed by atoms with E-state index in [4.69, 9.17) is 4.74 Å². The molecule has 0 bridgehead atoms. The Morgan fingerprint density at radius 2 is 2.13 bits per heavy atom. The summed E-state index contributed by atoms with van der Waals surface area (Å²) in [4.78, 5) is 20.4. The summed E-state index contributed by atoms with van der Waals surface area (Å²) in [5.41, 5.74) is 2.58. The zero-order valence-corrected chi connectivity index (χ0v) is 17.1. The van der Waals surface area contributed by atoms with E-state index in [-0.39, 0.29) is 5.95 Å². The molecule has 3 rings (SSSR count). The van der Waals surface area contributed by atoms with Crippen LogP contribution in [-0.2, 0) is 11.3 Å². The average molecular weight is 409 g/mol. The second kappa shape index (κ2) is 9.56. The predicted octanol–water partition coefficient (Wildman–Crippen LogP) is 3.15. The Kier molecular flexibility index (Phi) is 6.64. The van der Waals surface area contributed by atoms with Crippen LogP contribution >= 0.6 is 0 Å². The third-order valence-electron chi connectivity index (χ3n) is 4.44. The number of carbonyl (C=O) groups excluding carboxylic acids is 1. The number of methoxy groups -OCH3 is 2. The maximum Gasteiger partial charge on any atom is 0.413 e. The number of nitrogens with zero attached hydrogens (tertiary/aromatic N) is 5. The Labute approximate surface area is 173 Å². The van der Waals surface area contributed by atoms with E-state index in [1.807, 2.05) is 0 Å². The number of benzene rings is 1. The van der Waals surface area contributed by atoms with E-state index in [1.54, 1.807) is 36.2 Å². The van der Waals surface area contributed by atoms with E-state index in [0.717, 1.165) is 18.4 Å². The molecule has 10 nitrogen and oxygen atoms in total. The molecule has 0 radical (unpaired) electrons. The Morgan fingerprint density at radius 3 is 2.83 bits per heavy atom. The summed E-state index contributed by atoms with van der Waals surface area (Å²) in [7, 11) is 2.85. The zero-order chi connectivity index (χ0) is 21.5. The first kappa shape index (κ1) is 20.9. The number of fused-ring (bicyclic) bond motifs is 1. The average Bonchev–Trinajstić information content (AvgIpc) is 3.16. The minimum atomic E-state index is -0.653. The normalized spacial score (nSPS) is 10.5. The van der Waals surface area contributed by atoms with E-state index in [2.05, 4.69) is 43.4 Å². The highest BCUT2D eigenvalue weighted by Gasteiger charge is 2.16. The van der Waals surface area contributed by atoms with Gasteiger partial charge < -0.3 is 14.8 Å². The molecule has 0 fully saturated rings. The maximum atomic E-state index is 11.6. The molecule has 0 aliphatic rings. The van der Waals surface area contributed by atoms with Gasteiger partial charge in [-0.3, -0.25) is 10.00 Å². The Morgan fingerprint density at radius 1 is 1.30 bits per heavy atom. The molecule has 3 aromatic rings. The third-order valence-corrected chi connectivity index (χ3v) is 4.44. The van der Waals surface area contributed by atoms with Crippen LogP contribution in [0.1, 0.15) is 30.9 Å². The summed E-state index contributed by atoms with van der Waals surface area (Å²) in [6, 6.07) is 7.37. The van der Waals surface area contributed by atoms with Gasteiger partial charge in [-0.25, -0.2) is 9.78 Å². The minimum absolute atomic E-state index is 0.122. The first-order valence-corrected chi connectivity index (χ1v) is 9.49. The number of nitrogens with one attached hydrogen (secondary N) is 2. The Bertz CT molecular complexity index is 1090. The van der Waals surface area contributed by atoms with Crippen LogP contribution in [-0.4, -0.2) is 46.6 Å². The van der Waals surface area contributed by atoms with Gasteiger partial charge in [0.15, 0.2) is 5.82 Å². The standard InChI is InChI=1S/C20H23N7O3/c1-4-5-8-22-18-17-15(24-19(25-18)26-20(28)30-3)11-23-27(17)12-14-9-13(10-21)6-7-16(14)29-2/h6-7,9,11H,4-5,8,12H2,1-3H3,(H2,22,24,25,26,28). The molecule has 0 aliphatic carbocycles. The lowest BCUT2D eigenvalue weighted by Gasteiger charge is -2.13. The number of hydrogen-bond donors (Lipinski definition) is 2. The molecule has 30 heavy (non-hydrogen) atoms. The lowest BCUT2D eigenvalue weighted by molar-refractivity contribution is 0.186. The number of amides is 1. The van der Waals surface area contributed by atoms with Crippen LogP contribution in [0, 0.1) is 11.3 Å².